The molecule has 2 aliphatic heterocycles. The molecule has 3 rings (SSSR count). The Morgan fingerprint density at radius 3 is 2.68 bits per heavy atom. The molecule has 19 heavy (non-hydrogen) atoms. The molecule has 1 aromatic rings. The van der Waals surface area contributed by atoms with E-state index in [0.717, 1.165) is 39.3 Å². The molecule has 2 aliphatic rings. The van der Waals surface area contributed by atoms with Crippen LogP contribution in [0.15, 0.2) is 23.1 Å². The topological polar surface area (TPSA) is 68.4 Å². The number of carbonyl (C=O) groups is 1. The zero-order valence-corrected chi connectivity index (χ0v) is 10.8. The summed E-state index contributed by atoms with van der Waals surface area (Å²) in [5, 5.41) is 3.32. The molecule has 0 atom stereocenters. The number of hydrogen-bond donors (Lipinski definition) is 2. The predicted molar refractivity (Wildman–Crippen MR) is 71.2 cm³/mol. The summed E-state index contributed by atoms with van der Waals surface area (Å²) < 4.78 is 0. The molecule has 2 saturated heterocycles. The number of carbonyl (C=O) groups excluding carboxylic acids is 1. The van der Waals surface area contributed by atoms with Gasteiger partial charge in [-0.1, -0.05) is 0 Å². The van der Waals surface area contributed by atoms with Crippen molar-refractivity contribution in [3.63, 3.8) is 0 Å². The second-order valence-electron chi connectivity index (χ2n) is 5.09. The maximum Gasteiger partial charge on any atom is 0.254 e. The van der Waals surface area contributed by atoms with Crippen molar-refractivity contribution < 1.29 is 4.79 Å². The van der Waals surface area contributed by atoms with Crippen LogP contribution in [0, 0.1) is 0 Å². The van der Waals surface area contributed by atoms with Gasteiger partial charge in [-0.15, -0.1) is 0 Å². The van der Waals surface area contributed by atoms with Gasteiger partial charge in [-0.2, -0.15) is 0 Å². The molecule has 0 unspecified atom stereocenters. The highest BCUT2D eigenvalue weighted by Crippen LogP contribution is 2.17. The smallest absolute Gasteiger partial charge is 0.254 e. The van der Waals surface area contributed by atoms with E-state index in [1.807, 2.05) is 4.90 Å². The Hall–Kier alpha value is -1.66. The fourth-order valence-corrected chi connectivity index (χ4v) is 2.66. The van der Waals surface area contributed by atoms with Gasteiger partial charge in [-0.05, 0) is 6.07 Å². The van der Waals surface area contributed by atoms with E-state index in [4.69, 9.17) is 0 Å². The number of piperazine rings is 1. The van der Waals surface area contributed by atoms with Gasteiger partial charge in [-0.25, -0.2) is 0 Å². The van der Waals surface area contributed by atoms with Crippen molar-refractivity contribution in [1.82, 2.24) is 20.1 Å². The molecule has 0 radical (unpaired) electrons. The van der Waals surface area contributed by atoms with E-state index in [1.54, 1.807) is 6.07 Å². The first-order valence-electron chi connectivity index (χ1n) is 6.67. The molecule has 102 valence electrons. The van der Waals surface area contributed by atoms with Gasteiger partial charge in [-0.3, -0.25) is 14.5 Å². The van der Waals surface area contributed by atoms with Crippen LogP contribution >= 0.6 is 0 Å². The molecule has 0 aromatic carbocycles. The average Bonchev–Trinajstić information content (AvgIpc) is 2.38. The number of amides is 1. The maximum absolute atomic E-state index is 12.1. The Labute approximate surface area is 111 Å². The van der Waals surface area contributed by atoms with Crippen LogP contribution in [-0.2, 0) is 0 Å². The number of aromatic amines is 1. The molecule has 1 aromatic heterocycles. The van der Waals surface area contributed by atoms with Gasteiger partial charge in [0.1, 0.15) is 0 Å². The molecule has 2 fully saturated rings. The lowest BCUT2D eigenvalue weighted by Gasteiger charge is -2.46. The Kier molecular flexibility index (Phi) is 3.35. The number of likely N-dealkylation sites (tertiary alicyclic amines) is 1. The Bertz CT molecular complexity index is 515. The van der Waals surface area contributed by atoms with Crippen molar-refractivity contribution in [1.29, 1.82) is 0 Å². The van der Waals surface area contributed by atoms with Crippen LogP contribution in [0.25, 0.3) is 0 Å². The Balaban J connectivity index is 1.58. The Morgan fingerprint density at radius 2 is 2.00 bits per heavy atom. The van der Waals surface area contributed by atoms with Crippen molar-refractivity contribution in [3.8, 4) is 0 Å². The number of pyridine rings is 1. The van der Waals surface area contributed by atoms with Crippen molar-refractivity contribution in [2.75, 3.05) is 39.3 Å². The Morgan fingerprint density at radius 1 is 1.26 bits per heavy atom. The molecule has 6 heteroatoms. The van der Waals surface area contributed by atoms with Crippen molar-refractivity contribution in [2.45, 2.75) is 6.04 Å². The minimum absolute atomic E-state index is 0.0440. The number of nitrogens with zero attached hydrogens (tertiary/aromatic N) is 2. The third-order valence-corrected chi connectivity index (χ3v) is 3.84. The molecule has 0 spiro atoms. The van der Waals surface area contributed by atoms with E-state index in [0.29, 0.717) is 11.6 Å². The highest BCUT2D eigenvalue weighted by molar-refractivity contribution is 5.94. The van der Waals surface area contributed by atoms with E-state index < -0.39 is 0 Å². The fourth-order valence-electron chi connectivity index (χ4n) is 2.66. The first kappa shape index (κ1) is 12.4. The van der Waals surface area contributed by atoms with E-state index >= 15 is 0 Å². The highest BCUT2D eigenvalue weighted by Gasteiger charge is 2.35. The van der Waals surface area contributed by atoms with Crippen LogP contribution < -0.4 is 10.9 Å². The summed E-state index contributed by atoms with van der Waals surface area (Å²) >= 11 is 0. The summed E-state index contributed by atoms with van der Waals surface area (Å²) in [4.78, 5) is 30.1. The van der Waals surface area contributed by atoms with Gasteiger partial charge in [0.15, 0.2) is 0 Å². The van der Waals surface area contributed by atoms with Gasteiger partial charge in [0.05, 0.1) is 0 Å². The quantitative estimate of drug-likeness (QED) is 0.725. The van der Waals surface area contributed by atoms with E-state index in [-0.39, 0.29) is 11.5 Å². The van der Waals surface area contributed by atoms with Crippen molar-refractivity contribution in [2.24, 2.45) is 0 Å². The summed E-state index contributed by atoms with van der Waals surface area (Å²) in [5.74, 6) is -0.0440. The van der Waals surface area contributed by atoms with Crippen LogP contribution in [0.1, 0.15) is 10.4 Å². The normalized spacial score (nSPS) is 21.2. The molecule has 2 N–H and O–H groups in total. The van der Waals surface area contributed by atoms with Gasteiger partial charge < -0.3 is 15.2 Å². The third kappa shape index (κ3) is 2.54. The van der Waals surface area contributed by atoms with Gasteiger partial charge in [0.2, 0.25) is 5.56 Å². The average molecular weight is 262 g/mol. The van der Waals surface area contributed by atoms with Crippen LogP contribution in [0.5, 0.6) is 0 Å². The van der Waals surface area contributed by atoms with E-state index in [9.17, 15) is 9.59 Å². The molecular formula is C13H18N4O2. The molecule has 6 nitrogen and oxygen atoms in total. The van der Waals surface area contributed by atoms with Crippen LogP contribution in [0.3, 0.4) is 0 Å². The number of aromatic nitrogens is 1. The highest BCUT2D eigenvalue weighted by atomic mass is 16.2. The van der Waals surface area contributed by atoms with Crippen molar-refractivity contribution in [3.05, 3.63) is 34.2 Å². The lowest BCUT2D eigenvalue weighted by molar-refractivity contribution is 0.0227. The minimum atomic E-state index is -0.231. The lowest BCUT2D eigenvalue weighted by Crippen LogP contribution is -2.63. The van der Waals surface area contributed by atoms with Crippen LogP contribution in [-0.4, -0.2) is 66.0 Å². The number of hydrogen-bond acceptors (Lipinski definition) is 4. The summed E-state index contributed by atoms with van der Waals surface area (Å²) in [6, 6.07) is 3.50. The summed E-state index contributed by atoms with van der Waals surface area (Å²) in [6.07, 6.45) is 1.52. The summed E-state index contributed by atoms with van der Waals surface area (Å²) in [7, 11) is 0. The largest absolute Gasteiger partial charge is 0.335 e. The van der Waals surface area contributed by atoms with Gasteiger partial charge in [0, 0.05) is 63.1 Å². The zero-order valence-electron chi connectivity index (χ0n) is 10.8. The SMILES string of the molecule is O=C(c1cc[nH]c(=O)c1)N1CC(N2CCNCC2)C1. The second kappa shape index (κ2) is 5.14. The zero-order chi connectivity index (χ0) is 13.2. The maximum atomic E-state index is 12.1. The van der Waals surface area contributed by atoms with E-state index in [2.05, 4.69) is 15.2 Å². The molecular weight excluding hydrogens is 244 g/mol. The first-order valence-corrected chi connectivity index (χ1v) is 6.67. The number of nitrogens with one attached hydrogen (secondary N) is 2. The van der Waals surface area contributed by atoms with Crippen LogP contribution in [0.4, 0.5) is 0 Å². The monoisotopic (exact) mass is 262 g/mol. The lowest BCUT2D eigenvalue weighted by atomic mass is 10.0. The minimum Gasteiger partial charge on any atom is -0.335 e. The molecule has 0 aliphatic carbocycles. The summed E-state index contributed by atoms with van der Waals surface area (Å²) in [6.45, 7) is 5.70. The third-order valence-electron chi connectivity index (χ3n) is 3.84. The molecule has 3 heterocycles. The molecule has 0 bridgehead atoms. The molecule has 0 saturated carbocycles. The van der Waals surface area contributed by atoms with Gasteiger partial charge in [0.25, 0.3) is 5.91 Å². The molecule has 1 amide bonds. The van der Waals surface area contributed by atoms with Gasteiger partial charge >= 0.3 is 0 Å². The fraction of sp³-hybridized carbons (Fsp3) is 0.538. The predicted octanol–water partition coefficient (Wildman–Crippen LogP) is -0.895. The summed E-state index contributed by atoms with van der Waals surface area (Å²) in [5.41, 5.74) is 0.243. The van der Waals surface area contributed by atoms with Crippen LogP contribution in [0.2, 0.25) is 0 Å². The second-order valence-corrected chi connectivity index (χ2v) is 5.09. The van der Waals surface area contributed by atoms with E-state index in [1.165, 1.54) is 12.3 Å². The first-order chi connectivity index (χ1) is 9.24. The standard InChI is InChI=1S/C13H18N4O2/c18-12-7-10(1-2-15-12)13(19)17-8-11(9-17)16-5-3-14-4-6-16/h1-2,7,11,14H,3-6,8-9H2,(H,15,18). The number of H-pyrrole nitrogens is 1. The van der Waals surface area contributed by atoms with Crippen molar-refractivity contribution >= 4 is 5.91 Å². The number of rotatable bonds is 2.